The summed E-state index contributed by atoms with van der Waals surface area (Å²) in [4.78, 5) is 31.5. The van der Waals surface area contributed by atoms with Crippen molar-refractivity contribution in [1.29, 1.82) is 0 Å². The largest absolute Gasteiger partial charge is 0.480 e. The zero-order valence-corrected chi connectivity index (χ0v) is 21.8. The molecular weight excluding hydrogens is 440 g/mol. The van der Waals surface area contributed by atoms with Gasteiger partial charge in [-0.2, -0.15) is 0 Å². The minimum Gasteiger partial charge on any atom is -0.480 e. The number of esters is 1. The Morgan fingerprint density at radius 3 is 1.90 bits per heavy atom. The van der Waals surface area contributed by atoms with Crippen LogP contribution in [0.5, 0.6) is 0 Å². The maximum atomic E-state index is 11.7. The Balaban J connectivity index is 0. The van der Waals surface area contributed by atoms with Crippen LogP contribution in [0, 0.1) is 0 Å². The van der Waals surface area contributed by atoms with Crippen molar-refractivity contribution in [2.75, 3.05) is 19.8 Å². The Morgan fingerprint density at radius 2 is 1.39 bits per heavy atom. The van der Waals surface area contributed by atoms with Gasteiger partial charge in [-0.25, -0.2) is 4.57 Å². The Morgan fingerprint density at radius 1 is 0.903 bits per heavy atom. The third-order valence-corrected chi connectivity index (χ3v) is 5.29. The van der Waals surface area contributed by atoms with Gasteiger partial charge < -0.3 is 25.6 Å². The fourth-order valence-electron chi connectivity index (χ4n) is 2.53. The second-order valence-electron chi connectivity index (χ2n) is 7.27. The summed E-state index contributed by atoms with van der Waals surface area (Å²) in [6.07, 6.45) is 10.5. The van der Waals surface area contributed by atoms with E-state index < -0.39 is 45.1 Å². The van der Waals surface area contributed by atoms with Crippen LogP contribution in [0.1, 0.15) is 77.6 Å². The number of carbonyl (C=O) groups is 2. The molecule has 0 heterocycles. The molecule has 0 aromatic heterocycles. The average molecular weight is 478 g/mol. The third-order valence-electron chi connectivity index (χ3n) is 4.34. The zero-order valence-electron chi connectivity index (χ0n) is 18.9. The van der Waals surface area contributed by atoms with Gasteiger partial charge in [-0.3, -0.25) is 18.6 Å². The molecule has 5 N–H and O–H groups in total. The SMILES string of the molecule is CCCCCCCCCCCCC(=O)OC[C@@H](O)COP(=O)(O)OC[C@H](N)C(=O)O.[Na]. The first-order chi connectivity index (χ1) is 14.2. The number of phosphoric ester groups is 1. The number of aliphatic hydroxyl groups excluding tert-OH is 1. The van der Waals surface area contributed by atoms with Gasteiger partial charge in [-0.1, -0.05) is 64.7 Å². The van der Waals surface area contributed by atoms with Crippen LogP contribution in [0.4, 0.5) is 0 Å². The van der Waals surface area contributed by atoms with Crippen LogP contribution in [0.2, 0.25) is 0 Å². The van der Waals surface area contributed by atoms with Crippen molar-refractivity contribution in [3.8, 4) is 0 Å². The molecule has 0 spiro atoms. The summed E-state index contributed by atoms with van der Waals surface area (Å²) in [6, 6.07) is -1.48. The Kier molecular flexibility index (Phi) is 22.0. The number of rotatable bonds is 20. The minimum absolute atomic E-state index is 0. The molecule has 179 valence electrons. The molecule has 10 nitrogen and oxygen atoms in total. The topological polar surface area (TPSA) is 166 Å². The number of carbonyl (C=O) groups excluding carboxylic acids is 1. The van der Waals surface area contributed by atoms with Crippen LogP contribution < -0.4 is 5.73 Å². The number of aliphatic carboxylic acids is 1. The number of nitrogens with two attached hydrogens (primary N) is 1. The summed E-state index contributed by atoms with van der Waals surface area (Å²) in [5.41, 5.74) is 5.14. The van der Waals surface area contributed by atoms with Gasteiger partial charge in [0.05, 0.1) is 13.2 Å². The maximum absolute atomic E-state index is 11.7. The summed E-state index contributed by atoms with van der Waals surface area (Å²) < 4.78 is 25.4. The molecule has 0 amide bonds. The minimum atomic E-state index is -4.57. The molecule has 0 aromatic rings. The predicted octanol–water partition coefficient (Wildman–Crippen LogP) is 2.37. The van der Waals surface area contributed by atoms with E-state index in [9.17, 15) is 24.2 Å². The van der Waals surface area contributed by atoms with E-state index in [1.54, 1.807) is 0 Å². The Labute approximate surface area is 207 Å². The number of ether oxygens (including phenoxy) is 1. The van der Waals surface area contributed by atoms with Gasteiger partial charge in [0.1, 0.15) is 18.8 Å². The van der Waals surface area contributed by atoms with Crippen LogP contribution in [0.3, 0.4) is 0 Å². The van der Waals surface area contributed by atoms with Crippen LogP contribution in [0.15, 0.2) is 0 Å². The second kappa shape index (κ2) is 20.6. The summed E-state index contributed by atoms with van der Waals surface area (Å²) >= 11 is 0. The molecule has 12 heteroatoms. The number of carboxylic acids is 1. The van der Waals surface area contributed by atoms with E-state index in [2.05, 4.69) is 16.0 Å². The van der Waals surface area contributed by atoms with Gasteiger partial charge in [-0.15, -0.1) is 0 Å². The van der Waals surface area contributed by atoms with E-state index in [-0.39, 0.29) is 42.6 Å². The van der Waals surface area contributed by atoms with E-state index in [4.69, 9.17) is 15.6 Å². The molecule has 0 bridgehead atoms. The monoisotopic (exact) mass is 478 g/mol. The van der Waals surface area contributed by atoms with E-state index in [1.807, 2.05) is 0 Å². The Bertz CT molecular complexity index is 525. The van der Waals surface area contributed by atoms with Gasteiger partial charge in [-0.05, 0) is 6.42 Å². The van der Waals surface area contributed by atoms with E-state index >= 15 is 0 Å². The molecule has 3 atom stereocenters. The van der Waals surface area contributed by atoms with Crippen molar-refractivity contribution in [1.82, 2.24) is 0 Å². The molecule has 0 aliphatic carbocycles. The van der Waals surface area contributed by atoms with Gasteiger partial charge in [0.15, 0.2) is 0 Å². The number of hydrogen-bond donors (Lipinski definition) is 4. The normalized spacial score (nSPS) is 14.8. The molecule has 0 saturated heterocycles. The number of carboxylic acid groups (broad SMARTS) is 1. The van der Waals surface area contributed by atoms with Gasteiger partial charge in [0.2, 0.25) is 0 Å². The summed E-state index contributed by atoms with van der Waals surface area (Å²) in [5.74, 6) is -1.85. The number of phosphoric acid groups is 1. The summed E-state index contributed by atoms with van der Waals surface area (Å²) in [6.45, 7) is 0.464. The molecular formula is C19H38NNaO9P. The fraction of sp³-hybridized carbons (Fsp3) is 0.895. The zero-order chi connectivity index (χ0) is 22.8. The van der Waals surface area contributed by atoms with Gasteiger partial charge in [0, 0.05) is 36.0 Å². The predicted molar refractivity (Wildman–Crippen MR) is 117 cm³/mol. The molecule has 31 heavy (non-hydrogen) atoms. The first-order valence-electron chi connectivity index (χ1n) is 10.6. The van der Waals surface area contributed by atoms with Crippen LogP contribution >= 0.6 is 7.82 Å². The molecule has 1 radical (unpaired) electrons. The van der Waals surface area contributed by atoms with Gasteiger partial charge >= 0.3 is 19.8 Å². The Hall–Kier alpha value is -0.0300. The number of hydrogen-bond acceptors (Lipinski definition) is 8. The van der Waals surface area contributed by atoms with Crippen LogP contribution in [-0.2, 0) is 27.9 Å². The van der Waals surface area contributed by atoms with Crippen molar-refractivity contribution < 1.29 is 43.0 Å². The van der Waals surface area contributed by atoms with E-state index in [0.717, 1.165) is 19.3 Å². The molecule has 0 aliphatic rings. The van der Waals surface area contributed by atoms with Crippen molar-refractivity contribution >= 4 is 49.3 Å². The fourth-order valence-corrected chi connectivity index (χ4v) is 3.31. The van der Waals surface area contributed by atoms with Crippen LogP contribution in [-0.4, -0.2) is 88.6 Å². The number of aliphatic hydroxyl groups is 1. The molecule has 0 rings (SSSR count). The molecule has 0 aliphatic heterocycles. The maximum Gasteiger partial charge on any atom is 0.472 e. The van der Waals surface area contributed by atoms with E-state index in [0.29, 0.717) is 6.42 Å². The molecule has 0 aromatic carbocycles. The van der Waals surface area contributed by atoms with Crippen molar-refractivity contribution in [3.63, 3.8) is 0 Å². The molecule has 1 unspecified atom stereocenters. The number of unbranched alkanes of at least 4 members (excludes halogenated alkanes) is 9. The van der Waals surface area contributed by atoms with E-state index in [1.165, 1.54) is 38.5 Å². The van der Waals surface area contributed by atoms with Gasteiger partial charge in [0.25, 0.3) is 0 Å². The first kappa shape index (κ1) is 33.1. The summed E-state index contributed by atoms with van der Waals surface area (Å²) in [7, 11) is -4.57. The van der Waals surface area contributed by atoms with Crippen LogP contribution in [0.25, 0.3) is 0 Å². The van der Waals surface area contributed by atoms with Crippen molar-refractivity contribution in [2.45, 2.75) is 89.7 Å². The first-order valence-corrected chi connectivity index (χ1v) is 12.1. The quantitative estimate of drug-likeness (QED) is 0.0883. The smallest absolute Gasteiger partial charge is 0.472 e. The van der Waals surface area contributed by atoms with Crippen molar-refractivity contribution in [3.05, 3.63) is 0 Å². The molecule has 0 fully saturated rings. The summed E-state index contributed by atoms with van der Waals surface area (Å²) in [5, 5.41) is 18.2. The third kappa shape index (κ3) is 21.6. The second-order valence-corrected chi connectivity index (χ2v) is 8.73. The van der Waals surface area contributed by atoms with Crippen molar-refractivity contribution in [2.24, 2.45) is 5.73 Å². The average Bonchev–Trinajstić information content (AvgIpc) is 2.70. The molecule has 0 saturated carbocycles. The standard InChI is InChI=1S/C19H38NO9P.Na/c1-2-3-4-5-6-7-8-9-10-11-12-18(22)27-13-16(21)14-28-30(25,26)29-15-17(20)19(23)24;/h16-17,21H,2-15,20H2,1H3,(H,23,24)(H,25,26);/t16-,17+;/m1./s1.